The van der Waals surface area contributed by atoms with E-state index in [-0.39, 0.29) is 5.91 Å². The van der Waals surface area contributed by atoms with Crippen LogP contribution in [0.15, 0.2) is 47.8 Å². The molecular formula is C20H22ClN3OS. The minimum Gasteiger partial charge on any atom is -0.337 e. The van der Waals surface area contributed by atoms with E-state index < -0.39 is 0 Å². The first kappa shape index (κ1) is 18.7. The van der Waals surface area contributed by atoms with E-state index in [1.165, 1.54) is 0 Å². The number of nitrogens with zero attached hydrogens (tertiary/aromatic N) is 3. The summed E-state index contributed by atoms with van der Waals surface area (Å²) in [6.45, 7) is 5.64. The second-order valence-electron chi connectivity index (χ2n) is 6.08. The molecule has 0 atom stereocenters. The molecule has 0 fully saturated rings. The lowest BCUT2D eigenvalue weighted by Gasteiger charge is -2.21. The molecule has 1 amide bonds. The highest BCUT2D eigenvalue weighted by Crippen LogP contribution is 2.27. The van der Waals surface area contributed by atoms with Crippen LogP contribution < -0.4 is 0 Å². The standard InChI is InChI=1S/C20H22ClN3OS/c1-3-10-23(11-4-2)20(25)18-14-17(19-9-6-12-26-19)22-24(18)16-8-5-7-15(21)13-16/h5-9,12-14H,3-4,10-11H2,1-2H3. The summed E-state index contributed by atoms with van der Waals surface area (Å²) >= 11 is 7.77. The molecule has 3 rings (SSSR count). The van der Waals surface area contributed by atoms with Crippen LogP contribution in [0.5, 0.6) is 0 Å². The van der Waals surface area contributed by atoms with Crippen molar-refractivity contribution < 1.29 is 4.79 Å². The van der Waals surface area contributed by atoms with Crippen LogP contribution in [0.3, 0.4) is 0 Å². The third-order valence-corrected chi connectivity index (χ3v) is 5.16. The van der Waals surface area contributed by atoms with Gasteiger partial charge in [0.15, 0.2) is 0 Å². The number of rotatable bonds is 7. The van der Waals surface area contributed by atoms with Crippen LogP contribution in [-0.4, -0.2) is 33.7 Å². The summed E-state index contributed by atoms with van der Waals surface area (Å²) in [6, 6.07) is 13.3. The van der Waals surface area contributed by atoms with Gasteiger partial charge in [0.2, 0.25) is 0 Å². The van der Waals surface area contributed by atoms with Crippen LogP contribution in [0.4, 0.5) is 0 Å². The molecule has 2 aromatic heterocycles. The molecule has 26 heavy (non-hydrogen) atoms. The van der Waals surface area contributed by atoms with Gasteiger partial charge in [-0.25, -0.2) is 4.68 Å². The molecule has 3 aromatic rings. The smallest absolute Gasteiger partial charge is 0.272 e. The van der Waals surface area contributed by atoms with Crippen molar-refractivity contribution in [3.63, 3.8) is 0 Å². The lowest BCUT2D eigenvalue weighted by atomic mass is 10.2. The highest BCUT2D eigenvalue weighted by atomic mass is 35.5. The Balaban J connectivity index is 2.08. The second-order valence-corrected chi connectivity index (χ2v) is 7.46. The molecule has 2 heterocycles. The topological polar surface area (TPSA) is 38.1 Å². The summed E-state index contributed by atoms with van der Waals surface area (Å²) in [5.41, 5.74) is 2.16. The van der Waals surface area contributed by atoms with Gasteiger partial charge in [-0.3, -0.25) is 4.79 Å². The number of carbonyl (C=O) groups is 1. The summed E-state index contributed by atoms with van der Waals surface area (Å²) in [5, 5.41) is 7.34. The lowest BCUT2D eigenvalue weighted by Crippen LogP contribution is -2.33. The van der Waals surface area contributed by atoms with Crippen LogP contribution >= 0.6 is 22.9 Å². The monoisotopic (exact) mass is 387 g/mol. The molecular weight excluding hydrogens is 366 g/mol. The van der Waals surface area contributed by atoms with Gasteiger partial charge in [-0.2, -0.15) is 5.10 Å². The van der Waals surface area contributed by atoms with Gasteiger partial charge < -0.3 is 4.90 Å². The van der Waals surface area contributed by atoms with E-state index in [4.69, 9.17) is 16.7 Å². The van der Waals surface area contributed by atoms with Crippen molar-refractivity contribution in [3.05, 3.63) is 58.6 Å². The molecule has 0 aliphatic carbocycles. The van der Waals surface area contributed by atoms with E-state index in [0.717, 1.165) is 42.2 Å². The van der Waals surface area contributed by atoms with E-state index >= 15 is 0 Å². The van der Waals surface area contributed by atoms with Crippen molar-refractivity contribution in [1.29, 1.82) is 0 Å². The van der Waals surface area contributed by atoms with Crippen LogP contribution in [0.2, 0.25) is 5.02 Å². The molecule has 0 unspecified atom stereocenters. The van der Waals surface area contributed by atoms with Crippen molar-refractivity contribution in [2.45, 2.75) is 26.7 Å². The summed E-state index contributed by atoms with van der Waals surface area (Å²) in [7, 11) is 0. The zero-order valence-electron chi connectivity index (χ0n) is 15.0. The first-order chi connectivity index (χ1) is 12.6. The molecule has 0 aliphatic heterocycles. The van der Waals surface area contributed by atoms with Crippen molar-refractivity contribution >= 4 is 28.8 Å². The SMILES string of the molecule is CCCN(CCC)C(=O)c1cc(-c2cccs2)nn1-c1cccc(Cl)c1. The zero-order chi connectivity index (χ0) is 18.5. The zero-order valence-corrected chi connectivity index (χ0v) is 16.6. The summed E-state index contributed by atoms with van der Waals surface area (Å²) in [4.78, 5) is 16.2. The van der Waals surface area contributed by atoms with Crippen molar-refractivity contribution in [3.8, 4) is 16.3 Å². The minimum absolute atomic E-state index is 0.00369. The van der Waals surface area contributed by atoms with E-state index in [1.54, 1.807) is 16.0 Å². The minimum atomic E-state index is 0.00369. The number of amides is 1. The molecule has 0 saturated heterocycles. The van der Waals surface area contributed by atoms with Crippen LogP contribution in [0.1, 0.15) is 37.2 Å². The van der Waals surface area contributed by atoms with Crippen molar-refractivity contribution in [2.75, 3.05) is 13.1 Å². The molecule has 0 spiro atoms. The van der Waals surface area contributed by atoms with E-state index in [2.05, 4.69) is 13.8 Å². The molecule has 0 bridgehead atoms. The quantitative estimate of drug-likeness (QED) is 0.535. The normalized spacial score (nSPS) is 10.9. The predicted molar refractivity (Wildman–Crippen MR) is 108 cm³/mol. The first-order valence-corrected chi connectivity index (χ1v) is 10.1. The largest absolute Gasteiger partial charge is 0.337 e. The number of halogens is 1. The van der Waals surface area contributed by atoms with Crippen LogP contribution in [0, 0.1) is 0 Å². The fraction of sp³-hybridized carbons (Fsp3) is 0.300. The lowest BCUT2D eigenvalue weighted by molar-refractivity contribution is 0.0746. The summed E-state index contributed by atoms with van der Waals surface area (Å²) in [5.74, 6) is 0.00369. The maximum absolute atomic E-state index is 13.2. The molecule has 136 valence electrons. The number of hydrogen-bond donors (Lipinski definition) is 0. The van der Waals surface area contributed by atoms with Crippen LogP contribution in [-0.2, 0) is 0 Å². The Morgan fingerprint density at radius 3 is 2.54 bits per heavy atom. The Morgan fingerprint density at radius 2 is 1.92 bits per heavy atom. The predicted octanol–water partition coefficient (Wildman–Crippen LogP) is 5.52. The number of aromatic nitrogens is 2. The van der Waals surface area contributed by atoms with E-state index in [0.29, 0.717) is 10.7 Å². The van der Waals surface area contributed by atoms with Gasteiger partial charge in [-0.1, -0.05) is 37.6 Å². The van der Waals surface area contributed by atoms with Gasteiger partial charge in [0, 0.05) is 18.1 Å². The Bertz CT molecular complexity index is 867. The van der Waals surface area contributed by atoms with Crippen molar-refractivity contribution in [2.24, 2.45) is 0 Å². The first-order valence-electron chi connectivity index (χ1n) is 8.83. The van der Waals surface area contributed by atoms with E-state index in [1.807, 2.05) is 52.7 Å². The van der Waals surface area contributed by atoms with Gasteiger partial charge in [0.25, 0.3) is 5.91 Å². The maximum atomic E-state index is 13.2. The Labute approximate surface area is 163 Å². The Hall–Kier alpha value is -2.11. The van der Waals surface area contributed by atoms with Gasteiger partial charge in [-0.05, 0) is 48.6 Å². The highest BCUT2D eigenvalue weighted by molar-refractivity contribution is 7.13. The number of hydrogen-bond acceptors (Lipinski definition) is 3. The Morgan fingerprint density at radius 1 is 1.15 bits per heavy atom. The molecule has 0 aliphatic rings. The number of benzene rings is 1. The summed E-state index contributed by atoms with van der Waals surface area (Å²) < 4.78 is 1.71. The fourth-order valence-corrected chi connectivity index (χ4v) is 3.77. The van der Waals surface area contributed by atoms with Gasteiger partial charge in [0.1, 0.15) is 11.4 Å². The van der Waals surface area contributed by atoms with Crippen molar-refractivity contribution in [1.82, 2.24) is 14.7 Å². The highest BCUT2D eigenvalue weighted by Gasteiger charge is 2.22. The van der Waals surface area contributed by atoms with E-state index in [9.17, 15) is 4.79 Å². The Kier molecular flexibility index (Phi) is 6.12. The van der Waals surface area contributed by atoms with Gasteiger partial charge in [0.05, 0.1) is 10.6 Å². The molecule has 4 nitrogen and oxygen atoms in total. The molecule has 6 heteroatoms. The van der Waals surface area contributed by atoms with Crippen LogP contribution in [0.25, 0.3) is 16.3 Å². The average molecular weight is 388 g/mol. The number of carbonyl (C=O) groups excluding carboxylic acids is 1. The molecule has 1 aromatic carbocycles. The third kappa shape index (κ3) is 4.00. The van der Waals surface area contributed by atoms with Gasteiger partial charge >= 0.3 is 0 Å². The molecule has 0 N–H and O–H groups in total. The molecule has 0 radical (unpaired) electrons. The fourth-order valence-electron chi connectivity index (χ4n) is 2.90. The second kappa shape index (κ2) is 8.52. The third-order valence-electron chi connectivity index (χ3n) is 4.03. The maximum Gasteiger partial charge on any atom is 0.272 e. The molecule has 0 saturated carbocycles. The average Bonchev–Trinajstić information content (AvgIpc) is 3.30. The summed E-state index contributed by atoms with van der Waals surface area (Å²) in [6.07, 6.45) is 1.85. The number of thiophene rings is 1. The van der Waals surface area contributed by atoms with Gasteiger partial charge in [-0.15, -0.1) is 11.3 Å².